The van der Waals surface area contributed by atoms with Crippen molar-refractivity contribution >= 4 is 29.2 Å². The van der Waals surface area contributed by atoms with Crippen molar-refractivity contribution in [3.63, 3.8) is 0 Å². The van der Waals surface area contributed by atoms with E-state index < -0.39 is 11.6 Å². The molecular formula is C33H36N6O3. The van der Waals surface area contributed by atoms with E-state index in [1.165, 1.54) is 6.92 Å². The molecule has 3 aromatic carbocycles. The number of nitrogens with one attached hydrogen (secondary N) is 2. The summed E-state index contributed by atoms with van der Waals surface area (Å²) in [6.45, 7) is 5.54. The molecule has 9 heteroatoms. The van der Waals surface area contributed by atoms with E-state index in [0.717, 1.165) is 33.5 Å². The van der Waals surface area contributed by atoms with Crippen molar-refractivity contribution in [1.82, 2.24) is 15.3 Å². The summed E-state index contributed by atoms with van der Waals surface area (Å²) in [5.74, 6) is 0.0385. The minimum atomic E-state index is -1.09. The molecule has 5 rings (SSSR count). The zero-order valence-corrected chi connectivity index (χ0v) is 24.1. The van der Waals surface area contributed by atoms with Gasteiger partial charge in [-0.1, -0.05) is 66.7 Å². The Morgan fingerprint density at radius 1 is 1.07 bits per heavy atom. The Labute approximate surface area is 245 Å². The maximum Gasteiger partial charge on any atom is 0.249 e. The van der Waals surface area contributed by atoms with E-state index in [1.807, 2.05) is 72.8 Å². The van der Waals surface area contributed by atoms with Gasteiger partial charge in [0.05, 0.1) is 31.2 Å². The van der Waals surface area contributed by atoms with Crippen LogP contribution in [0, 0.1) is 0 Å². The van der Waals surface area contributed by atoms with Crippen LogP contribution in [-0.4, -0.2) is 39.3 Å². The summed E-state index contributed by atoms with van der Waals surface area (Å²) >= 11 is 0. The number of aryl methyl sites for hydroxylation is 1. The van der Waals surface area contributed by atoms with E-state index >= 15 is 0 Å². The molecule has 4 aromatic rings. The van der Waals surface area contributed by atoms with Gasteiger partial charge in [-0.15, -0.1) is 0 Å². The Balaban J connectivity index is 1.40. The summed E-state index contributed by atoms with van der Waals surface area (Å²) in [5.41, 5.74) is 10.8. The molecule has 4 N–H and O–H groups in total. The van der Waals surface area contributed by atoms with Crippen molar-refractivity contribution in [2.75, 3.05) is 9.80 Å². The molecule has 0 spiro atoms. The molecule has 1 aliphatic rings. The number of fused-ring (bicyclic) bond motifs is 1. The largest absolute Gasteiger partial charge is 0.343 e. The fraction of sp³-hybridized carbons (Fsp3) is 0.273. The van der Waals surface area contributed by atoms with Crippen LogP contribution in [0.1, 0.15) is 43.9 Å². The van der Waals surface area contributed by atoms with E-state index in [1.54, 1.807) is 36.2 Å². The number of aromatic nitrogens is 2. The lowest BCUT2D eigenvalue weighted by atomic mass is 9.98. The summed E-state index contributed by atoms with van der Waals surface area (Å²) < 4.78 is 0. The highest BCUT2D eigenvalue weighted by Crippen LogP contribution is 2.30. The highest BCUT2D eigenvalue weighted by Gasteiger charge is 2.34. The highest BCUT2D eigenvalue weighted by molar-refractivity contribution is 6.01. The van der Waals surface area contributed by atoms with Crippen LogP contribution in [0.2, 0.25) is 0 Å². The lowest BCUT2D eigenvalue weighted by Gasteiger charge is -2.28. The number of carbonyl (C=O) groups excluding carboxylic acids is 3. The molecule has 1 aromatic heterocycles. The number of hydrogen-bond donors (Lipinski definition) is 3. The molecular weight excluding hydrogens is 528 g/mol. The lowest BCUT2D eigenvalue weighted by Crippen LogP contribution is -2.56. The number of para-hydroxylation sites is 1. The molecule has 0 fully saturated rings. The number of nitrogens with zero attached hydrogens (tertiary/aromatic N) is 3. The second-order valence-corrected chi connectivity index (χ2v) is 11.2. The van der Waals surface area contributed by atoms with Crippen LogP contribution in [0.5, 0.6) is 0 Å². The number of carbonyl (C=O) groups is 3. The van der Waals surface area contributed by atoms with Crippen LogP contribution in [0.4, 0.5) is 11.5 Å². The quantitative estimate of drug-likeness (QED) is 0.294. The average molecular weight is 565 g/mol. The normalized spacial score (nSPS) is 15.1. The number of rotatable bonds is 8. The maximum absolute atomic E-state index is 13.8. The third-order valence-corrected chi connectivity index (χ3v) is 7.55. The van der Waals surface area contributed by atoms with Crippen molar-refractivity contribution in [1.29, 1.82) is 0 Å². The Bertz CT molecular complexity index is 1570. The van der Waals surface area contributed by atoms with Gasteiger partial charge in [0.15, 0.2) is 0 Å². The number of aromatic amines is 1. The molecule has 2 heterocycles. The minimum absolute atomic E-state index is 0.0867. The fourth-order valence-corrected chi connectivity index (χ4v) is 5.20. The number of anilines is 2. The molecule has 0 bridgehead atoms. The molecule has 1 atom stereocenters. The predicted molar refractivity (Wildman–Crippen MR) is 163 cm³/mol. The van der Waals surface area contributed by atoms with Crippen LogP contribution in [0.15, 0.2) is 85.3 Å². The number of amides is 3. The molecule has 0 radical (unpaired) electrons. The number of nitrogens with two attached hydrogens (primary N) is 1. The molecule has 3 amide bonds. The predicted octanol–water partition coefficient (Wildman–Crippen LogP) is 4.33. The summed E-state index contributed by atoms with van der Waals surface area (Å²) in [5, 5.41) is 2.88. The van der Waals surface area contributed by atoms with Crippen LogP contribution >= 0.6 is 0 Å². The molecule has 9 nitrogen and oxygen atoms in total. The summed E-state index contributed by atoms with van der Waals surface area (Å²) in [4.78, 5) is 49.4. The molecule has 0 unspecified atom stereocenters. The third-order valence-electron chi connectivity index (χ3n) is 7.55. The van der Waals surface area contributed by atoms with Gasteiger partial charge in [0.1, 0.15) is 11.9 Å². The third kappa shape index (κ3) is 6.26. The zero-order chi connectivity index (χ0) is 29.9. The minimum Gasteiger partial charge on any atom is -0.343 e. The highest BCUT2D eigenvalue weighted by atomic mass is 16.2. The average Bonchev–Trinajstić information content (AvgIpc) is 3.47. The summed E-state index contributed by atoms with van der Waals surface area (Å²) in [6.07, 6.45) is 4.35. The first kappa shape index (κ1) is 28.8. The van der Waals surface area contributed by atoms with Gasteiger partial charge in [-0.3, -0.25) is 19.3 Å². The van der Waals surface area contributed by atoms with Crippen LogP contribution < -0.4 is 20.9 Å². The van der Waals surface area contributed by atoms with Gasteiger partial charge in [-0.25, -0.2) is 4.98 Å². The number of benzene rings is 3. The first-order valence-electron chi connectivity index (χ1n) is 14.0. The molecule has 0 aliphatic carbocycles. The SMILES string of the molecule is CC(=O)N(Cc1ccccc1-c1ccc(CN2C(=O)[C@H](NC(=O)C(C)(C)N)CCc3ccccc32)cc1)c1cnc[nH]1. The standard InChI is InChI=1S/C33H36N6O3/c1-22(40)38(30-18-35-21-36-30)20-26-9-4-6-10-27(26)24-14-12-23(13-15-24)19-39-29-11-7-5-8-25(29)16-17-28(31(39)41)37-32(42)33(2,3)34/h4-15,18,21,28H,16-17,19-20,34H2,1-3H3,(H,35,36)(H,37,42)/t28-/m1/s1. The molecule has 42 heavy (non-hydrogen) atoms. The van der Waals surface area contributed by atoms with Crippen molar-refractivity contribution < 1.29 is 14.4 Å². The van der Waals surface area contributed by atoms with Crippen molar-refractivity contribution in [2.24, 2.45) is 5.73 Å². The summed E-state index contributed by atoms with van der Waals surface area (Å²) in [6, 6.07) is 23.3. The maximum atomic E-state index is 13.8. The Morgan fingerprint density at radius 3 is 2.48 bits per heavy atom. The van der Waals surface area contributed by atoms with Crippen LogP contribution in [0.25, 0.3) is 11.1 Å². The lowest BCUT2D eigenvalue weighted by molar-refractivity contribution is -0.130. The Kier molecular flexibility index (Phi) is 8.22. The molecule has 0 saturated carbocycles. The van der Waals surface area contributed by atoms with Gasteiger partial charge in [-0.05, 0) is 60.6 Å². The second kappa shape index (κ2) is 12.0. The smallest absolute Gasteiger partial charge is 0.249 e. The van der Waals surface area contributed by atoms with E-state index in [4.69, 9.17) is 5.73 Å². The molecule has 1 aliphatic heterocycles. The number of hydrogen-bond acceptors (Lipinski definition) is 5. The first-order valence-corrected chi connectivity index (χ1v) is 14.0. The summed E-state index contributed by atoms with van der Waals surface area (Å²) in [7, 11) is 0. The van der Waals surface area contributed by atoms with Gasteiger partial charge < -0.3 is 20.9 Å². The van der Waals surface area contributed by atoms with E-state index in [2.05, 4.69) is 15.3 Å². The van der Waals surface area contributed by atoms with Gasteiger partial charge in [0, 0.05) is 12.6 Å². The molecule has 216 valence electrons. The zero-order valence-electron chi connectivity index (χ0n) is 24.1. The Morgan fingerprint density at radius 2 is 1.79 bits per heavy atom. The van der Waals surface area contributed by atoms with Crippen molar-refractivity contribution in [3.8, 4) is 11.1 Å². The topological polar surface area (TPSA) is 124 Å². The van der Waals surface area contributed by atoms with Gasteiger partial charge in [0.2, 0.25) is 17.7 Å². The van der Waals surface area contributed by atoms with Crippen LogP contribution in [0.3, 0.4) is 0 Å². The van der Waals surface area contributed by atoms with Gasteiger partial charge in [-0.2, -0.15) is 0 Å². The first-order chi connectivity index (χ1) is 20.1. The fourth-order valence-electron chi connectivity index (χ4n) is 5.20. The molecule has 0 saturated heterocycles. The van der Waals surface area contributed by atoms with Crippen molar-refractivity contribution in [3.05, 3.63) is 102 Å². The van der Waals surface area contributed by atoms with Crippen LogP contribution in [-0.2, 0) is 33.9 Å². The van der Waals surface area contributed by atoms with Gasteiger partial charge >= 0.3 is 0 Å². The Hall–Kier alpha value is -4.76. The van der Waals surface area contributed by atoms with E-state index in [-0.39, 0.29) is 17.7 Å². The number of imidazole rings is 1. The van der Waals surface area contributed by atoms with E-state index in [0.29, 0.717) is 31.7 Å². The monoisotopic (exact) mass is 564 g/mol. The van der Waals surface area contributed by atoms with Gasteiger partial charge in [0.25, 0.3) is 0 Å². The number of H-pyrrole nitrogens is 1. The van der Waals surface area contributed by atoms with E-state index in [9.17, 15) is 14.4 Å². The second-order valence-electron chi connectivity index (χ2n) is 11.2. The van der Waals surface area contributed by atoms with Crippen molar-refractivity contribution in [2.45, 2.75) is 58.3 Å².